The molecule has 22 heavy (non-hydrogen) atoms. The maximum atomic E-state index is 11.7. The Morgan fingerprint density at radius 2 is 1.73 bits per heavy atom. The van der Waals surface area contributed by atoms with Crippen molar-refractivity contribution in [1.29, 1.82) is 0 Å². The number of rotatable bonds is 4. The lowest BCUT2D eigenvalue weighted by Gasteiger charge is -2.14. The van der Waals surface area contributed by atoms with Crippen LogP contribution in [-0.4, -0.2) is 18.7 Å². The van der Waals surface area contributed by atoms with Gasteiger partial charge in [0.25, 0.3) is 0 Å². The number of ether oxygens (including phenoxy) is 2. The molecule has 3 heteroatoms. The molecule has 112 valence electrons. The van der Waals surface area contributed by atoms with E-state index < -0.39 is 6.10 Å². The van der Waals surface area contributed by atoms with Crippen molar-refractivity contribution in [2.75, 3.05) is 6.61 Å². The number of hydrogen-bond donors (Lipinski definition) is 0. The lowest BCUT2D eigenvalue weighted by atomic mass is 10.1. The standard InChI is InChI=1S/C19H18O3/c1-3-21-19(20)15(2)22-18-12-8-7-11-17(18)14-13-16-9-5-4-6-10-16/h4-12,15H,3H2,1-2H3. The molecule has 2 rings (SSSR count). The fourth-order valence-electron chi connectivity index (χ4n) is 1.83. The minimum atomic E-state index is -0.667. The van der Waals surface area contributed by atoms with Gasteiger partial charge in [0.2, 0.25) is 0 Å². The van der Waals surface area contributed by atoms with E-state index in [1.807, 2.05) is 48.5 Å². The van der Waals surface area contributed by atoms with Crippen molar-refractivity contribution in [2.45, 2.75) is 20.0 Å². The van der Waals surface area contributed by atoms with Crippen LogP contribution in [0.2, 0.25) is 0 Å². The minimum Gasteiger partial charge on any atom is -0.478 e. The van der Waals surface area contributed by atoms with Crippen LogP contribution in [0, 0.1) is 11.8 Å². The van der Waals surface area contributed by atoms with Gasteiger partial charge >= 0.3 is 5.97 Å². The van der Waals surface area contributed by atoms with Crippen LogP contribution >= 0.6 is 0 Å². The molecule has 0 saturated heterocycles. The first-order chi connectivity index (χ1) is 10.7. The maximum absolute atomic E-state index is 11.7. The zero-order valence-corrected chi connectivity index (χ0v) is 12.7. The maximum Gasteiger partial charge on any atom is 0.347 e. The third kappa shape index (κ3) is 4.39. The van der Waals surface area contributed by atoms with Crippen LogP contribution in [0.5, 0.6) is 5.75 Å². The van der Waals surface area contributed by atoms with Gasteiger partial charge in [-0.25, -0.2) is 4.79 Å². The Morgan fingerprint density at radius 3 is 2.45 bits per heavy atom. The van der Waals surface area contributed by atoms with Crippen molar-refractivity contribution in [3.05, 3.63) is 65.7 Å². The molecular formula is C19H18O3. The number of carbonyl (C=O) groups excluding carboxylic acids is 1. The molecule has 0 aliphatic heterocycles. The molecule has 1 unspecified atom stereocenters. The molecule has 0 fully saturated rings. The van der Waals surface area contributed by atoms with Crippen LogP contribution in [0.1, 0.15) is 25.0 Å². The molecule has 2 aromatic rings. The number of esters is 1. The lowest BCUT2D eigenvalue weighted by molar-refractivity contribution is -0.150. The Kier molecular flexibility index (Phi) is 5.62. The summed E-state index contributed by atoms with van der Waals surface area (Å²) in [4.78, 5) is 11.7. The largest absolute Gasteiger partial charge is 0.478 e. The van der Waals surface area contributed by atoms with E-state index in [-0.39, 0.29) is 5.97 Å². The summed E-state index contributed by atoms with van der Waals surface area (Å²) in [6.07, 6.45) is -0.667. The van der Waals surface area contributed by atoms with Gasteiger partial charge in [0.15, 0.2) is 6.10 Å². The predicted octanol–water partition coefficient (Wildman–Crippen LogP) is 3.42. The number of carbonyl (C=O) groups is 1. The van der Waals surface area contributed by atoms with E-state index >= 15 is 0 Å². The normalized spacial score (nSPS) is 11.0. The third-order valence-electron chi connectivity index (χ3n) is 2.92. The van der Waals surface area contributed by atoms with Gasteiger partial charge in [-0.2, -0.15) is 0 Å². The first-order valence-corrected chi connectivity index (χ1v) is 7.20. The molecule has 0 radical (unpaired) electrons. The summed E-state index contributed by atoms with van der Waals surface area (Å²) in [5.74, 6) is 6.36. The van der Waals surface area contributed by atoms with E-state index in [4.69, 9.17) is 9.47 Å². The second-order valence-electron chi connectivity index (χ2n) is 4.62. The van der Waals surface area contributed by atoms with Crippen LogP contribution in [0.25, 0.3) is 0 Å². The molecule has 2 aromatic carbocycles. The summed E-state index contributed by atoms with van der Waals surface area (Å²) in [5.41, 5.74) is 1.67. The second kappa shape index (κ2) is 7.90. The average molecular weight is 294 g/mol. The third-order valence-corrected chi connectivity index (χ3v) is 2.92. The Morgan fingerprint density at radius 1 is 1.05 bits per heavy atom. The van der Waals surface area contributed by atoms with Crippen LogP contribution in [0.4, 0.5) is 0 Å². The minimum absolute atomic E-state index is 0.335. The fraction of sp³-hybridized carbons (Fsp3) is 0.211. The smallest absolute Gasteiger partial charge is 0.347 e. The van der Waals surface area contributed by atoms with Gasteiger partial charge < -0.3 is 9.47 Å². The van der Waals surface area contributed by atoms with Gasteiger partial charge in [-0.1, -0.05) is 42.2 Å². The van der Waals surface area contributed by atoms with Gasteiger partial charge in [0, 0.05) is 5.56 Å². The Hall–Kier alpha value is -2.73. The number of benzene rings is 2. The quantitative estimate of drug-likeness (QED) is 0.640. The Labute approximate surface area is 130 Å². The fourth-order valence-corrected chi connectivity index (χ4v) is 1.83. The molecule has 0 saturated carbocycles. The predicted molar refractivity (Wildman–Crippen MR) is 85.6 cm³/mol. The SMILES string of the molecule is CCOC(=O)C(C)Oc1ccccc1C#Cc1ccccc1. The van der Waals surface area contributed by atoms with E-state index in [1.165, 1.54) is 0 Å². The van der Waals surface area contributed by atoms with Crippen molar-refractivity contribution in [1.82, 2.24) is 0 Å². The summed E-state index contributed by atoms with van der Waals surface area (Å²) in [7, 11) is 0. The van der Waals surface area contributed by atoms with E-state index in [9.17, 15) is 4.79 Å². The number of para-hydroxylation sites is 1. The van der Waals surface area contributed by atoms with Gasteiger partial charge in [-0.3, -0.25) is 0 Å². The highest BCUT2D eigenvalue weighted by molar-refractivity contribution is 5.74. The summed E-state index contributed by atoms with van der Waals surface area (Å²) in [6, 6.07) is 17.1. The molecule has 0 bridgehead atoms. The zero-order valence-electron chi connectivity index (χ0n) is 12.7. The van der Waals surface area contributed by atoms with E-state index in [0.29, 0.717) is 12.4 Å². The molecule has 0 aromatic heterocycles. The van der Waals surface area contributed by atoms with Crippen LogP contribution in [0.3, 0.4) is 0 Å². The highest BCUT2D eigenvalue weighted by Crippen LogP contribution is 2.18. The molecule has 0 aliphatic rings. The summed E-state index contributed by atoms with van der Waals surface area (Å²) >= 11 is 0. The molecule has 3 nitrogen and oxygen atoms in total. The Balaban J connectivity index is 2.17. The van der Waals surface area contributed by atoms with E-state index in [2.05, 4.69) is 11.8 Å². The number of hydrogen-bond acceptors (Lipinski definition) is 3. The highest BCUT2D eigenvalue weighted by atomic mass is 16.6. The summed E-state index contributed by atoms with van der Waals surface area (Å²) in [6.45, 7) is 3.77. The van der Waals surface area contributed by atoms with Crippen molar-refractivity contribution >= 4 is 5.97 Å². The van der Waals surface area contributed by atoms with Crippen LogP contribution in [-0.2, 0) is 9.53 Å². The van der Waals surface area contributed by atoms with Gasteiger partial charge in [0.1, 0.15) is 5.75 Å². The molecular weight excluding hydrogens is 276 g/mol. The summed E-state index contributed by atoms with van der Waals surface area (Å²) in [5, 5.41) is 0. The monoisotopic (exact) mass is 294 g/mol. The van der Waals surface area contributed by atoms with Gasteiger partial charge in [0.05, 0.1) is 12.2 Å². The molecule has 1 atom stereocenters. The van der Waals surface area contributed by atoms with Crippen molar-refractivity contribution in [2.24, 2.45) is 0 Å². The van der Waals surface area contributed by atoms with Gasteiger partial charge in [-0.15, -0.1) is 0 Å². The lowest BCUT2D eigenvalue weighted by Crippen LogP contribution is -2.26. The van der Waals surface area contributed by atoms with Crippen LogP contribution in [0.15, 0.2) is 54.6 Å². The van der Waals surface area contributed by atoms with E-state index in [0.717, 1.165) is 11.1 Å². The Bertz CT molecular complexity index is 681. The van der Waals surface area contributed by atoms with E-state index in [1.54, 1.807) is 19.9 Å². The highest BCUT2D eigenvalue weighted by Gasteiger charge is 2.16. The molecule has 0 aliphatic carbocycles. The zero-order chi connectivity index (χ0) is 15.8. The van der Waals surface area contributed by atoms with Crippen LogP contribution < -0.4 is 4.74 Å². The molecule has 0 N–H and O–H groups in total. The summed E-state index contributed by atoms with van der Waals surface area (Å²) < 4.78 is 10.6. The van der Waals surface area contributed by atoms with Crippen molar-refractivity contribution in [3.8, 4) is 17.6 Å². The first kappa shape index (κ1) is 15.7. The first-order valence-electron chi connectivity index (χ1n) is 7.20. The second-order valence-corrected chi connectivity index (χ2v) is 4.62. The molecule has 0 spiro atoms. The molecule has 0 heterocycles. The topological polar surface area (TPSA) is 35.5 Å². The average Bonchev–Trinajstić information content (AvgIpc) is 2.55. The molecule has 0 amide bonds. The van der Waals surface area contributed by atoms with Crippen molar-refractivity contribution in [3.63, 3.8) is 0 Å². The van der Waals surface area contributed by atoms with Gasteiger partial charge in [-0.05, 0) is 38.1 Å². The van der Waals surface area contributed by atoms with Crippen molar-refractivity contribution < 1.29 is 14.3 Å².